The van der Waals surface area contributed by atoms with Crippen molar-refractivity contribution in [3.8, 4) is 0 Å². The molecule has 3 heteroatoms. The van der Waals surface area contributed by atoms with Gasteiger partial charge < -0.3 is 5.32 Å². The van der Waals surface area contributed by atoms with Crippen LogP contribution in [0, 0.1) is 5.92 Å². The predicted molar refractivity (Wildman–Crippen MR) is 53.3 cm³/mol. The zero-order valence-electron chi connectivity index (χ0n) is 7.80. The zero-order chi connectivity index (χ0) is 8.97. The van der Waals surface area contributed by atoms with Crippen molar-refractivity contribution in [3.63, 3.8) is 0 Å². The van der Waals surface area contributed by atoms with E-state index in [-0.39, 0.29) is 11.8 Å². The van der Waals surface area contributed by atoms with Crippen LogP contribution in [0.2, 0.25) is 0 Å². The van der Waals surface area contributed by atoms with Crippen LogP contribution in [0.15, 0.2) is 0 Å². The molecule has 12 heavy (non-hydrogen) atoms. The molecule has 0 bridgehead atoms. The second-order valence-electron chi connectivity index (χ2n) is 3.58. The molecular weight excluding hydrogens is 170 g/mol. The summed E-state index contributed by atoms with van der Waals surface area (Å²) in [5.74, 6) is 2.67. The monoisotopic (exact) mass is 187 g/mol. The maximum Gasteiger partial charge on any atom is 0.222 e. The van der Waals surface area contributed by atoms with E-state index in [1.165, 1.54) is 12.2 Å². The lowest BCUT2D eigenvalue weighted by atomic mass is 10.1. The molecule has 1 atom stereocenters. The highest BCUT2D eigenvalue weighted by Gasteiger charge is 2.17. The fourth-order valence-electron chi connectivity index (χ4n) is 1.22. The van der Waals surface area contributed by atoms with E-state index < -0.39 is 0 Å². The van der Waals surface area contributed by atoms with Gasteiger partial charge in [0.25, 0.3) is 0 Å². The average molecular weight is 187 g/mol. The van der Waals surface area contributed by atoms with E-state index in [4.69, 9.17) is 0 Å². The molecule has 1 unspecified atom stereocenters. The molecule has 0 aliphatic carbocycles. The fraction of sp³-hybridized carbons (Fsp3) is 0.889. The third-order valence-corrected chi connectivity index (χ3v) is 3.25. The first-order chi connectivity index (χ1) is 5.70. The molecule has 1 saturated heterocycles. The van der Waals surface area contributed by atoms with Crippen molar-refractivity contribution in [2.45, 2.75) is 32.7 Å². The van der Waals surface area contributed by atoms with Gasteiger partial charge in [0.2, 0.25) is 5.91 Å². The Bertz CT molecular complexity index is 153. The van der Waals surface area contributed by atoms with Crippen molar-refractivity contribution >= 4 is 17.7 Å². The Morgan fingerprint density at radius 2 is 2.33 bits per heavy atom. The van der Waals surface area contributed by atoms with Gasteiger partial charge in [0.15, 0.2) is 0 Å². The van der Waals surface area contributed by atoms with Crippen molar-refractivity contribution in [2.75, 3.05) is 11.5 Å². The summed E-state index contributed by atoms with van der Waals surface area (Å²) in [5.41, 5.74) is 0. The van der Waals surface area contributed by atoms with Gasteiger partial charge >= 0.3 is 0 Å². The second-order valence-corrected chi connectivity index (χ2v) is 4.73. The highest BCUT2D eigenvalue weighted by Crippen LogP contribution is 2.17. The molecule has 0 saturated carbocycles. The van der Waals surface area contributed by atoms with Crippen LogP contribution in [-0.4, -0.2) is 23.5 Å². The SMILES string of the molecule is CC(C)C(=O)NC1CCCSC1. The molecule has 0 radical (unpaired) electrons. The van der Waals surface area contributed by atoms with Gasteiger partial charge in [-0.3, -0.25) is 4.79 Å². The summed E-state index contributed by atoms with van der Waals surface area (Å²) in [6, 6.07) is 0.429. The van der Waals surface area contributed by atoms with Crippen molar-refractivity contribution in [1.82, 2.24) is 5.32 Å². The minimum atomic E-state index is 0.122. The minimum Gasteiger partial charge on any atom is -0.352 e. The van der Waals surface area contributed by atoms with Gasteiger partial charge in [-0.2, -0.15) is 11.8 Å². The lowest BCUT2D eigenvalue weighted by molar-refractivity contribution is -0.124. The van der Waals surface area contributed by atoms with Crippen LogP contribution in [0.1, 0.15) is 26.7 Å². The second kappa shape index (κ2) is 4.75. The molecule has 70 valence electrons. The summed E-state index contributed by atoms with van der Waals surface area (Å²) >= 11 is 1.94. The van der Waals surface area contributed by atoms with Gasteiger partial charge in [0.1, 0.15) is 0 Å². The Balaban J connectivity index is 2.24. The molecule has 0 spiro atoms. The Morgan fingerprint density at radius 3 is 2.83 bits per heavy atom. The molecular formula is C9H17NOS. The molecule has 2 nitrogen and oxygen atoms in total. The molecule has 1 N–H and O–H groups in total. The summed E-state index contributed by atoms with van der Waals surface area (Å²) in [6.07, 6.45) is 2.40. The topological polar surface area (TPSA) is 29.1 Å². The van der Waals surface area contributed by atoms with Crippen LogP contribution >= 0.6 is 11.8 Å². The van der Waals surface area contributed by atoms with Gasteiger partial charge in [0, 0.05) is 17.7 Å². The maximum atomic E-state index is 11.3. The molecule has 0 aromatic heterocycles. The van der Waals surface area contributed by atoms with E-state index in [1.807, 2.05) is 25.6 Å². The maximum absolute atomic E-state index is 11.3. The van der Waals surface area contributed by atoms with Crippen LogP contribution in [-0.2, 0) is 4.79 Å². The Labute approximate surface area is 78.5 Å². The first-order valence-corrected chi connectivity index (χ1v) is 5.73. The number of thioether (sulfide) groups is 1. The Morgan fingerprint density at radius 1 is 1.58 bits per heavy atom. The number of carbonyl (C=O) groups is 1. The Kier molecular flexibility index (Phi) is 3.92. The summed E-state index contributed by atoms with van der Waals surface area (Å²) in [7, 11) is 0. The van der Waals surface area contributed by atoms with E-state index in [9.17, 15) is 4.79 Å². The fourth-order valence-corrected chi connectivity index (χ4v) is 2.29. The van der Waals surface area contributed by atoms with Crippen LogP contribution in [0.25, 0.3) is 0 Å². The predicted octanol–water partition coefficient (Wildman–Crippen LogP) is 1.65. The van der Waals surface area contributed by atoms with E-state index in [1.54, 1.807) is 0 Å². The molecule has 1 aliphatic rings. The number of hydrogen-bond acceptors (Lipinski definition) is 2. The first kappa shape index (κ1) is 9.90. The molecule has 1 amide bonds. The number of nitrogens with one attached hydrogen (secondary N) is 1. The van der Waals surface area contributed by atoms with Crippen LogP contribution in [0.3, 0.4) is 0 Å². The number of hydrogen-bond donors (Lipinski definition) is 1. The summed E-state index contributed by atoms with van der Waals surface area (Å²) < 4.78 is 0. The van der Waals surface area contributed by atoms with Crippen LogP contribution in [0.4, 0.5) is 0 Å². The van der Waals surface area contributed by atoms with Crippen molar-refractivity contribution in [2.24, 2.45) is 5.92 Å². The van der Waals surface area contributed by atoms with E-state index in [0.29, 0.717) is 6.04 Å². The molecule has 1 aliphatic heterocycles. The molecule has 0 aromatic carbocycles. The van der Waals surface area contributed by atoms with Crippen LogP contribution in [0.5, 0.6) is 0 Å². The van der Waals surface area contributed by atoms with Crippen molar-refractivity contribution in [3.05, 3.63) is 0 Å². The lowest BCUT2D eigenvalue weighted by Gasteiger charge is -2.23. The summed E-state index contributed by atoms with van der Waals surface area (Å²) in [6.45, 7) is 3.87. The van der Waals surface area contributed by atoms with Gasteiger partial charge in [-0.25, -0.2) is 0 Å². The van der Waals surface area contributed by atoms with E-state index in [0.717, 1.165) is 12.2 Å². The largest absolute Gasteiger partial charge is 0.352 e. The smallest absolute Gasteiger partial charge is 0.222 e. The van der Waals surface area contributed by atoms with Gasteiger partial charge in [-0.15, -0.1) is 0 Å². The van der Waals surface area contributed by atoms with Crippen molar-refractivity contribution < 1.29 is 4.79 Å². The molecule has 1 fully saturated rings. The van der Waals surface area contributed by atoms with Crippen LogP contribution < -0.4 is 5.32 Å². The molecule has 1 heterocycles. The summed E-state index contributed by atoms with van der Waals surface area (Å²) in [5, 5.41) is 3.06. The quantitative estimate of drug-likeness (QED) is 0.712. The molecule has 1 rings (SSSR count). The standard InChI is InChI=1S/C9H17NOS/c1-7(2)9(11)10-8-4-3-5-12-6-8/h7-8H,3-6H2,1-2H3,(H,10,11). The first-order valence-electron chi connectivity index (χ1n) is 4.58. The lowest BCUT2D eigenvalue weighted by Crippen LogP contribution is -2.40. The highest BCUT2D eigenvalue weighted by atomic mass is 32.2. The van der Waals surface area contributed by atoms with E-state index >= 15 is 0 Å². The van der Waals surface area contributed by atoms with E-state index in [2.05, 4.69) is 5.32 Å². The van der Waals surface area contributed by atoms with Gasteiger partial charge in [-0.05, 0) is 18.6 Å². The number of rotatable bonds is 2. The highest BCUT2D eigenvalue weighted by molar-refractivity contribution is 7.99. The minimum absolute atomic E-state index is 0.122. The zero-order valence-corrected chi connectivity index (χ0v) is 8.62. The van der Waals surface area contributed by atoms with Crippen molar-refractivity contribution in [1.29, 1.82) is 0 Å². The summed E-state index contributed by atoms with van der Waals surface area (Å²) in [4.78, 5) is 11.3. The third kappa shape index (κ3) is 3.05. The molecule has 0 aromatic rings. The Hall–Kier alpha value is -0.180. The normalized spacial score (nSPS) is 24.1. The average Bonchev–Trinajstić information content (AvgIpc) is 2.06. The third-order valence-electron chi connectivity index (χ3n) is 2.03. The number of carbonyl (C=O) groups excluding carboxylic acids is 1. The van der Waals surface area contributed by atoms with Gasteiger partial charge in [-0.1, -0.05) is 13.8 Å². The number of amides is 1. The van der Waals surface area contributed by atoms with Gasteiger partial charge in [0.05, 0.1) is 0 Å².